The van der Waals surface area contributed by atoms with Gasteiger partial charge in [-0.15, -0.1) is 0 Å². The lowest BCUT2D eigenvalue weighted by Gasteiger charge is -2.38. The minimum Gasteiger partial charge on any atom is -0.480 e. The minimum absolute atomic E-state index is 0.109. The van der Waals surface area contributed by atoms with Gasteiger partial charge in [0.15, 0.2) is 0 Å². The minimum atomic E-state index is -1.15. The van der Waals surface area contributed by atoms with E-state index >= 15 is 0 Å². The first-order valence-electron chi connectivity index (χ1n) is 12.6. The summed E-state index contributed by atoms with van der Waals surface area (Å²) in [4.78, 5) is 42.9. The van der Waals surface area contributed by atoms with Crippen LogP contribution in [0.4, 0.5) is 4.79 Å². The molecule has 2 aliphatic rings. The number of carbonyl (C=O) groups is 3. The number of carbonyl (C=O) groups excluding carboxylic acids is 2. The van der Waals surface area contributed by atoms with Gasteiger partial charge in [0.25, 0.3) is 0 Å². The summed E-state index contributed by atoms with van der Waals surface area (Å²) >= 11 is 0. The molecule has 2 fully saturated rings. The van der Waals surface area contributed by atoms with E-state index < -0.39 is 30.1 Å². The maximum Gasteiger partial charge on any atom is 0.410 e. The molecule has 3 aromatic carbocycles. The first-order valence-corrected chi connectivity index (χ1v) is 12.6. The van der Waals surface area contributed by atoms with Crippen LogP contribution in [-0.2, 0) is 20.9 Å². The molecule has 37 heavy (non-hydrogen) atoms. The molecular weight excluding hydrogens is 468 g/mol. The van der Waals surface area contributed by atoms with Gasteiger partial charge in [-0.1, -0.05) is 91.0 Å². The summed E-state index contributed by atoms with van der Waals surface area (Å²) < 4.78 is 5.56. The van der Waals surface area contributed by atoms with E-state index in [0.29, 0.717) is 25.9 Å². The maximum absolute atomic E-state index is 14.2. The van der Waals surface area contributed by atoms with Gasteiger partial charge in [-0.2, -0.15) is 0 Å². The third-order valence-corrected chi connectivity index (χ3v) is 7.40. The van der Waals surface area contributed by atoms with Crippen LogP contribution in [0.15, 0.2) is 91.0 Å². The molecule has 0 aromatic heterocycles. The van der Waals surface area contributed by atoms with Crippen molar-refractivity contribution in [3.05, 3.63) is 108 Å². The highest BCUT2D eigenvalue weighted by Crippen LogP contribution is 2.37. The molecule has 0 radical (unpaired) electrons. The van der Waals surface area contributed by atoms with Crippen LogP contribution in [0.25, 0.3) is 0 Å². The highest BCUT2D eigenvalue weighted by molar-refractivity contribution is 5.91. The van der Waals surface area contributed by atoms with Gasteiger partial charge in [-0.3, -0.25) is 4.79 Å². The van der Waals surface area contributed by atoms with E-state index in [0.717, 1.165) is 16.7 Å². The Morgan fingerprint density at radius 1 is 0.838 bits per heavy atom. The molecule has 3 aromatic rings. The van der Waals surface area contributed by atoms with Crippen molar-refractivity contribution in [3.63, 3.8) is 0 Å². The van der Waals surface area contributed by atoms with Crippen LogP contribution in [0.2, 0.25) is 0 Å². The first kappa shape index (κ1) is 24.6. The molecule has 2 amide bonds. The summed E-state index contributed by atoms with van der Waals surface area (Å²) in [5.41, 5.74) is 2.46. The zero-order valence-electron chi connectivity index (χ0n) is 20.5. The summed E-state index contributed by atoms with van der Waals surface area (Å²) in [7, 11) is 0. The zero-order chi connectivity index (χ0) is 25.8. The number of hydrogen-bond donors (Lipinski definition) is 1. The Labute approximate surface area is 216 Å². The summed E-state index contributed by atoms with van der Waals surface area (Å²) in [6.07, 6.45) is 0.618. The van der Waals surface area contributed by atoms with Gasteiger partial charge in [0.05, 0.1) is 12.0 Å². The Balaban J connectivity index is 1.42. The molecule has 0 aliphatic carbocycles. The highest BCUT2D eigenvalue weighted by atomic mass is 16.6. The summed E-state index contributed by atoms with van der Waals surface area (Å²) in [5.74, 6) is -1.91. The molecule has 7 nitrogen and oxygen atoms in total. The summed E-state index contributed by atoms with van der Waals surface area (Å²) in [5, 5.41) is 10.4. The van der Waals surface area contributed by atoms with Crippen LogP contribution in [0, 0.1) is 5.92 Å². The molecule has 190 valence electrons. The number of carboxylic acids is 1. The van der Waals surface area contributed by atoms with Crippen molar-refractivity contribution in [3.8, 4) is 0 Å². The Morgan fingerprint density at radius 3 is 1.97 bits per heavy atom. The molecule has 2 unspecified atom stereocenters. The van der Waals surface area contributed by atoms with Gasteiger partial charge < -0.3 is 19.6 Å². The monoisotopic (exact) mass is 498 g/mol. The fourth-order valence-corrected chi connectivity index (χ4v) is 5.63. The topological polar surface area (TPSA) is 87.2 Å². The molecule has 2 heterocycles. The highest BCUT2D eigenvalue weighted by Gasteiger charge is 2.50. The smallest absolute Gasteiger partial charge is 0.410 e. The van der Waals surface area contributed by atoms with Crippen LogP contribution in [0.3, 0.4) is 0 Å². The second-order valence-corrected chi connectivity index (χ2v) is 9.72. The van der Waals surface area contributed by atoms with Gasteiger partial charge in [0.1, 0.15) is 12.6 Å². The normalized spacial score (nSPS) is 20.9. The number of fused-ring (bicyclic) bond motifs is 2. The van der Waals surface area contributed by atoms with Crippen LogP contribution < -0.4 is 0 Å². The second kappa shape index (κ2) is 10.9. The average Bonchev–Trinajstić information content (AvgIpc) is 3.24. The number of amides is 2. The van der Waals surface area contributed by atoms with E-state index in [1.165, 1.54) is 9.80 Å². The molecule has 3 atom stereocenters. The number of ether oxygens (including phenoxy) is 1. The van der Waals surface area contributed by atoms with Crippen molar-refractivity contribution in [2.24, 2.45) is 5.92 Å². The molecule has 0 saturated carbocycles. The maximum atomic E-state index is 14.2. The van der Waals surface area contributed by atoms with E-state index in [1.807, 2.05) is 91.0 Å². The van der Waals surface area contributed by atoms with Gasteiger partial charge >= 0.3 is 12.1 Å². The predicted molar refractivity (Wildman–Crippen MR) is 138 cm³/mol. The first-order chi connectivity index (χ1) is 18.0. The Kier molecular flexibility index (Phi) is 7.21. The average molecular weight is 499 g/mol. The van der Waals surface area contributed by atoms with Gasteiger partial charge in [-0.05, 0) is 35.4 Å². The van der Waals surface area contributed by atoms with Crippen molar-refractivity contribution in [1.29, 1.82) is 0 Å². The van der Waals surface area contributed by atoms with Crippen LogP contribution in [0.1, 0.15) is 35.4 Å². The molecule has 2 saturated heterocycles. The third kappa shape index (κ3) is 5.21. The Morgan fingerprint density at radius 2 is 1.41 bits per heavy atom. The quantitative estimate of drug-likeness (QED) is 0.540. The van der Waals surface area contributed by atoms with Gasteiger partial charge in [-0.25, -0.2) is 9.59 Å². The fraction of sp³-hybridized carbons (Fsp3) is 0.300. The van der Waals surface area contributed by atoms with E-state index in [4.69, 9.17) is 4.74 Å². The second-order valence-electron chi connectivity index (χ2n) is 9.72. The van der Waals surface area contributed by atoms with Crippen LogP contribution in [-0.4, -0.2) is 58.0 Å². The lowest BCUT2D eigenvalue weighted by Crippen LogP contribution is -2.57. The zero-order valence-corrected chi connectivity index (χ0v) is 20.5. The molecule has 1 N–H and O–H groups in total. The van der Waals surface area contributed by atoms with Gasteiger partial charge in [0, 0.05) is 13.1 Å². The van der Waals surface area contributed by atoms with E-state index in [1.54, 1.807) is 0 Å². The van der Waals surface area contributed by atoms with Crippen molar-refractivity contribution in [2.75, 3.05) is 13.1 Å². The number of aliphatic carboxylic acids is 1. The Bertz CT molecular complexity index is 1200. The Hall–Kier alpha value is -4.13. The van der Waals surface area contributed by atoms with Crippen LogP contribution in [0.5, 0.6) is 0 Å². The van der Waals surface area contributed by atoms with E-state index in [-0.39, 0.29) is 18.4 Å². The number of rotatable bonds is 6. The number of hydrogen-bond acceptors (Lipinski definition) is 4. The fourth-order valence-electron chi connectivity index (χ4n) is 5.63. The van der Waals surface area contributed by atoms with Crippen LogP contribution >= 0.6 is 0 Å². The summed E-state index contributed by atoms with van der Waals surface area (Å²) in [6.45, 7) is 0.878. The van der Waals surface area contributed by atoms with Gasteiger partial charge in [0.2, 0.25) is 5.91 Å². The van der Waals surface area contributed by atoms with E-state index in [9.17, 15) is 19.5 Å². The van der Waals surface area contributed by atoms with Crippen molar-refractivity contribution >= 4 is 18.0 Å². The number of nitrogens with zero attached hydrogens (tertiary/aromatic N) is 2. The molecule has 2 bridgehead atoms. The number of benzene rings is 3. The predicted octanol–water partition coefficient (Wildman–Crippen LogP) is 4.53. The standard InChI is InChI=1S/C30H30N2O5/c33-28(26(23-12-6-2-7-13-23)24-14-8-3-9-15-24)31-17-16-22-18-25(27(31)29(34)35)32(19-22)30(36)37-20-21-10-4-1-5-11-21/h1-15,22,25-27H,16-20H2,(H,34,35)/t22?,25?,27-/m0/s1. The SMILES string of the molecule is O=C(O)[C@@H]1C2CC(CCN1C(=O)C(c1ccccc1)c1ccccc1)CN2C(=O)OCc1ccccc1. The number of likely N-dealkylation sites (tertiary alicyclic amines) is 2. The van der Waals surface area contributed by atoms with Crippen molar-refractivity contribution < 1.29 is 24.2 Å². The number of carboxylic acid groups (broad SMARTS) is 1. The molecule has 7 heteroatoms. The molecule has 5 rings (SSSR count). The summed E-state index contributed by atoms with van der Waals surface area (Å²) in [6, 6.07) is 26.4. The van der Waals surface area contributed by atoms with Crippen molar-refractivity contribution in [1.82, 2.24) is 9.80 Å². The third-order valence-electron chi connectivity index (χ3n) is 7.40. The van der Waals surface area contributed by atoms with Crippen molar-refractivity contribution in [2.45, 2.75) is 37.5 Å². The molecule has 0 spiro atoms. The lowest BCUT2D eigenvalue weighted by molar-refractivity contribution is -0.153. The van der Waals surface area contributed by atoms with E-state index in [2.05, 4.69) is 0 Å². The molecule has 2 aliphatic heterocycles. The lowest BCUT2D eigenvalue weighted by atomic mass is 9.89. The molecular formula is C30H30N2O5. The largest absolute Gasteiger partial charge is 0.480 e.